The van der Waals surface area contributed by atoms with E-state index in [2.05, 4.69) is 37.5 Å². The lowest BCUT2D eigenvalue weighted by Crippen LogP contribution is -2.34. The Morgan fingerprint density at radius 1 is 1.40 bits per heavy atom. The molecule has 0 spiro atoms. The number of hydrogen-bond donors (Lipinski definition) is 2. The Bertz CT molecular complexity index is 470. The lowest BCUT2D eigenvalue weighted by molar-refractivity contribution is 0.0934. The van der Waals surface area contributed by atoms with Crippen molar-refractivity contribution in [2.45, 2.75) is 52.5 Å². The molecule has 1 aliphatic heterocycles. The van der Waals surface area contributed by atoms with E-state index in [1.54, 1.807) is 0 Å². The maximum atomic E-state index is 12.5. The van der Waals surface area contributed by atoms with Crippen LogP contribution in [0.4, 0.5) is 5.69 Å². The Morgan fingerprint density at radius 2 is 2.20 bits per heavy atom. The summed E-state index contributed by atoms with van der Waals surface area (Å²) in [7, 11) is 0. The van der Waals surface area contributed by atoms with Crippen LogP contribution in [0.15, 0.2) is 18.2 Å². The van der Waals surface area contributed by atoms with E-state index in [1.807, 2.05) is 12.1 Å². The number of rotatable bonds is 5. The second-order valence-corrected chi connectivity index (χ2v) is 5.99. The van der Waals surface area contributed by atoms with E-state index in [0.29, 0.717) is 5.92 Å². The van der Waals surface area contributed by atoms with Crippen LogP contribution < -0.4 is 10.6 Å². The molecule has 2 N–H and O–H groups in total. The highest BCUT2D eigenvalue weighted by Gasteiger charge is 2.18. The Hall–Kier alpha value is -1.51. The number of amides is 1. The van der Waals surface area contributed by atoms with Crippen molar-refractivity contribution in [1.29, 1.82) is 0 Å². The second kappa shape index (κ2) is 6.78. The molecule has 110 valence electrons. The summed E-state index contributed by atoms with van der Waals surface area (Å²) in [5, 5.41) is 6.52. The van der Waals surface area contributed by atoms with Gasteiger partial charge in [-0.2, -0.15) is 0 Å². The maximum absolute atomic E-state index is 12.5. The van der Waals surface area contributed by atoms with Gasteiger partial charge in [-0.25, -0.2) is 0 Å². The fraction of sp³-hybridized carbons (Fsp3) is 0.588. The third-order valence-corrected chi connectivity index (χ3v) is 4.17. The quantitative estimate of drug-likeness (QED) is 0.861. The highest BCUT2D eigenvalue weighted by atomic mass is 16.1. The lowest BCUT2D eigenvalue weighted by atomic mass is 9.96. The van der Waals surface area contributed by atoms with Gasteiger partial charge in [-0.05, 0) is 49.8 Å². The van der Waals surface area contributed by atoms with Gasteiger partial charge in [-0.3, -0.25) is 4.79 Å². The van der Waals surface area contributed by atoms with Crippen LogP contribution in [0, 0.1) is 5.92 Å². The van der Waals surface area contributed by atoms with Gasteiger partial charge in [-0.1, -0.05) is 26.3 Å². The molecule has 3 heteroatoms. The van der Waals surface area contributed by atoms with Gasteiger partial charge in [-0.15, -0.1) is 0 Å². The van der Waals surface area contributed by atoms with Crippen molar-refractivity contribution in [1.82, 2.24) is 5.32 Å². The van der Waals surface area contributed by atoms with Crippen LogP contribution in [0.2, 0.25) is 0 Å². The Kier molecular flexibility index (Phi) is 5.05. The highest BCUT2D eigenvalue weighted by molar-refractivity contribution is 5.97. The molecule has 2 atom stereocenters. The van der Waals surface area contributed by atoms with E-state index < -0.39 is 0 Å². The Labute approximate surface area is 122 Å². The standard InChI is InChI=1S/C17H26N2O/c1-4-12(2)11-13(3)19-17(20)15-7-5-9-16-14(15)8-6-10-18-16/h5,7,9,12-13,18H,4,6,8,10-11H2,1-3H3,(H,19,20). The molecule has 3 nitrogen and oxygen atoms in total. The molecule has 0 fully saturated rings. The molecule has 20 heavy (non-hydrogen) atoms. The molecule has 1 amide bonds. The van der Waals surface area contributed by atoms with Crippen molar-refractivity contribution in [2.24, 2.45) is 5.92 Å². The van der Waals surface area contributed by atoms with Crippen molar-refractivity contribution >= 4 is 11.6 Å². The summed E-state index contributed by atoms with van der Waals surface area (Å²) in [4.78, 5) is 12.5. The van der Waals surface area contributed by atoms with Crippen molar-refractivity contribution in [3.8, 4) is 0 Å². The zero-order chi connectivity index (χ0) is 14.5. The van der Waals surface area contributed by atoms with Gasteiger partial charge in [0.1, 0.15) is 0 Å². The normalized spacial score (nSPS) is 16.8. The molecule has 0 saturated carbocycles. The number of benzene rings is 1. The minimum absolute atomic E-state index is 0.0707. The number of fused-ring (bicyclic) bond motifs is 1. The molecule has 2 rings (SSSR count). The first-order chi connectivity index (χ1) is 9.61. The Morgan fingerprint density at radius 3 is 2.95 bits per heavy atom. The largest absolute Gasteiger partial charge is 0.385 e. The van der Waals surface area contributed by atoms with Gasteiger partial charge in [0, 0.05) is 23.8 Å². The van der Waals surface area contributed by atoms with E-state index in [-0.39, 0.29) is 11.9 Å². The molecule has 0 saturated heterocycles. The van der Waals surface area contributed by atoms with E-state index in [1.165, 1.54) is 5.56 Å². The first kappa shape index (κ1) is 14.9. The van der Waals surface area contributed by atoms with E-state index in [4.69, 9.17) is 0 Å². The van der Waals surface area contributed by atoms with Crippen LogP contribution in [0.5, 0.6) is 0 Å². The summed E-state index contributed by atoms with van der Waals surface area (Å²) < 4.78 is 0. The average Bonchev–Trinajstić information content (AvgIpc) is 2.46. The minimum Gasteiger partial charge on any atom is -0.385 e. The second-order valence-electron chi connectivity index (χ2n) is 5.99. The molecular weight excluding hydrogens is 248 g/mol. The zero-order valence-corrected chi connectivity index (χ0v) is 12.8. The monoisotopic (exact) mass is 274 g/mol. The van der Waals surface area contributed by atoms with Crippen molar-refractivity contribution < 1.29 is 4.79 Å². The summed E-state index contributed by atoms with van der Waals surface area (Å²) >= 11 is 0. The minimum atomic E-state index is 0.0707. The van der Waals surface area contributed by atoms with Crippen molar-refractivity contribution in [3.63, 3.8) is 0 Å². The molecule has 1 aromatic carbocycles. The summed E-state index contributed by atoms with van der Waals surface area (Å²) in [6.07, 6.45) is 4.28. The summed E-state index contributed by atoms with van der Waals surface area (Å²) in [5.74, 6) is 0.720. The molecule has 0 bridgehead atoms. The topological polar surface area (TPSA) is 41.1 Å². The van der Waals surface area contributed by atoms with E-state index in [0.717, 1.165) is 43.5 Å². The molecular formula is C17H26N2O. The van der Waals surface area contributed by atoms with Crippen LogP contribution in [0.3, 0.4) is 0 Å². The predicted octanol–water partition coefficient (Wildman–Crippen LogP) is 3.60. The summed E-state index contributed by atoms with van der Waals surface area (Å²) in [5.41, 5.74) is 3.14. The third kappa shape index (κ3) is 3.53. The van der Waals surface area contributed by atoms with Crippen LogP contribution >= 0.6 is 0 Å². The van der Waals surface area contributed by atoms with E-state index in [9.17, 15) is 4.79 Å². The molecule has 1 aromatic rings. The van der Waals surface area contributed by atoms with Crippen LogP contribution in [0.1, 0.15) is 56.0 Å². The summed E-state index contributed by atoms with van der Waals surface area (Å²) in [6, 6.07) is 6.20. The van der Waals surface area contributed by atoms with Crippen LogP contribution in [-0.4, -0.2) is 18.5 Å². The Balaban J connectivity index is 2.06. The number of hydrogen-bond acceptors (Lipinski definition) is 2. The van der Waals surface area contributed by atoms with Gasteiger partial charge in [0.05, 0.1) is 0 Å². The van der Waals surface area contributed by atoms with Crippen LogP contribution in [-0.2, 0) is 6.42 Å². The van der Waals surface area contributed by atoms with Crippen molar-refractivity contribution in [2.75, 3.05) is 11.9 Å². The van der Waals surface area contributed by atoms with Gasteiger partial charge in [0.15, 0.2) is 0 Å². The first-order valence-electron chi connectivity index (χ1n) is 7.78. The average molecular weight is 274 g/mol. The van der Waals surface area contributed by atoms with Crippen molar-refractivity contribution in [3.05, 3.63) is 29.3 Å². The molecule has 2 unspecified atom stereocenters. The third-order valence-electron chi connectivity index (χ3n) is 4.17. The maximum Gasteiger partial charge on any atom is 0.251 e. The number of carbonyl (C=O) groups excluding carboxylic acids is 1. The molecule has 0 aromatic heterocycles. The van der Waals surface area contributed by atoms with Gasteiger partial charge >= 0.3 is 0 Å². The van der Waals surface area contributed by atoms with Crippen LogP contribution in [0.25, 0.3) is 0 Å². The smallest absolute Gasteiger partial charge is 0.251 e. The van der Waals surface area contributed by atoms with Gasteiger partial charge in [0.2, 0.25) is 0 Å². The fourth-order valence-corrected chi connectivity index (χ4v) is 2.85. The van der Waals surface area contributed by atoms with E-state index >= 15 is 0 Å². The SMILES string of the molecule is CCC(C)CC(C)NC(=O)c1cccc2c1CCCN2. The van der Waals surface area contributed by atoms with Gasteiger partial charge in [0.25, 0.3) is 5.91 Å². The number of anilines is 1. The molecule has 0 radical (unpaired) electrons. The molecule has 0 aliphatic carbocycles. The lowest BCUT2D eigenvalue weighted by Gasteiger charge is -2.22. The zero-order valence-electron chi connectivity index (χ0n) is 12.8. The molecule has 1 heterocycles. The first-order valence-corrected chi connectivity index (χ1v) is 7.78. The predicted molar refractivity (Wildman–Crippen MR) is 84.3 cm³/mol. The molecule has 1 aliphatic rings. The van der Waals surface area contributed by atoms with Gasteiger partial charge < -0.3 is 10.6 Å². The number of carbonyl (C=O) groups is 1. The number of nitrogens with one attached hydrogen (secondary N) is 2. The summed E-state index contributed by atoms with van der Waals surface area (Å²) in [6.45, 7) is 7.52. The highest BCUT2D eigenvalue weighted by Crippen LogP contribution is 2.25. The fourth-order valence-electron chi connectivity index (χ4n) is 2.85.